The Morgan fingerprint density at radius 2 is 1.85 bits per heavy atom. The molecule has 0 bridgehead atoms. The minimum atomic E-state index is -0.343. The van der Waals surface area contributed by atoms with E-state index in [0.29, 0.717) is 17.3 Å². The molecule has 2 aromatic carbocycles. The highest BCUT2D eigenvalue weighted by molar-refractivity contribution is 7.80. The van der Waals surface area contributed by atoms with Gasteiger partial charge in [0.25, 0.3) is 0 Å². The maximum atomic E-state index is 13.3. The number of nitrogens with zero attached hydrogens (tertiary/aromatic N) is 3. The van der Waals surface area contributed by atoms with Crippen molar-refractivity contribution in [2.75, 3.05) is 11.9 Å². The summed E-state index contributed by atoms with van der Waals surface area (Å²) in [6.45, 7) is 9.05. The lowest BCUT2D eigenvalue weighted by Gasteiger charge is -2.28. The Hall–Kier alpha value is -4.04. The van der Waals surface area contributed by atoms with Crippen LogP contribution in [0.3, 0.4) is 0 Å². The van der Waals surface area contributed by atoms with Crippen molar-refractivity contribution in [2.45, 2.75) is 52.6 Å². The number of nitrogens with one attached hydrogen (secondary N) is 2. The van der Waals surface area contributed by atoms with Gasteiger partial charge in [0, 0.05) is 36.2 Å². The Labute approximate surface area is 240 Å². The molecule has 5 rings (SSSR count). The van der Waals surface area contributed by atoms with Crippen molar-refractivity contribution in [3.8, 4) is 5.69 Å². The molecule has 6 nitrogen and oxygen atoms in total. The molecular formula is C32H34FN5OS. The van der Waals surface area contributed by atoms with E-state index in [4.69, 9.17) is 12.2 Å². The van der Waals surface area contributed by atoms with Crippen molar-refractivity contribution < 1.29 is 9.18 Å². The third-order valence-electron chi connectivity index (χ3n) is 7.62. The zero-order chi connectivity index (χ0) is 28.4. The molecule has 1 aliphatic rings. The van der Waals surface area contributed by atoms with Crippen LogP contribution in [0.1, 0.15) is 59.2 Å². The number of carbonyl (C=O) groups excluding carboxylic acids is 1. The predicted molar refractivity (Wildman–Crippen MR) is 161 cm³/mol. The molecule has 206 valence electrons. The lowest BCUT2D eigenvalue weighted by atomic mass is 9.96. The Morgan fingerprint density at radius 1 is 1.07 bits per heavy atom. The van der Waals surface area contributed by atoms with E-state index in [9.17, 15) is 9.18 Å². The van der Waals surface area contributed by atoms with Crippen molar-refractivity contribution >= 4 is 28.9 Å². The molecule has 1 fully saturated rings. The number of amides is 1. The number of carbonyl (C=O) groups is 1. The van der Waals surface area contributed by atoms with Gasteiger partial charge in [0.05, 0.1) is 23.5 Å². The van der Waals surface area contributed by atoms with E-state index in [1.54, 1.807) is 18.3 Å². The molecule has 0 aliphatic carbocycles. The summed E-state index contributed by atoms with van der Waals surface area (Å²) in [5.41, 5.74) is 8.62. The fourth-order valence-corrected chi connectivity index (χ4v) is 6.05. The maximum absolute atomic E-state index is 13.3. The van der Waals surface area contributed by atoms with Gasteiger partial charge < -0.3 is 20.1 Å². The summed E-state index contributed by atoms with van der Waals surface area (Å²) in [5, 5.41) is 6.94. The minimum Gasteiger partial charge on any atom is -0.352 e. The lowest BCUT2D eigenvalue weighted by molar-refractivity contribution is -0.116. The Balaban J connectivity index is 1.50. The molecule has 0 unspecified atom stereocenters. The number of thiocarbonyl (C=S) groups is 1. The monoisotopic (exact) mass is 555 g/mol. The van der Waals surface area contributed by atoms with Gasteiger partial charge in [-0.3, -0.25) is 9.78 Å². The van der Waals surface area contributed by atoms with Crippen molar-refractivity contribution in [3.63, 3.8) is 0 Å². The average molecular weight is 556 g/mol. The Kier molecular flexibility index (Phi) is 7.98. The van der Waals surface area contributed by atoms with Crippen LogP contribution >= 0.6 is 12.2 Å². The van der Waals surface area contributed by atoms with Crippen LogP contribution in [0.4, 0.5) is 10.1 Å². The predicted octanol–water partition coefficient (Wildman–Crippen LogP) is 6.50. The first-order chi connectivity index (χ1) is 19.3. The van der Waals surface area contributed by atoms with Crippen LogP contribution in [0.25, 0.3) is 5.69 Å². The second-order valence-corrected chi connectivity index (χ2v) is 10.6. The molecule has 2 N–H and O–H groups in total. The molecule has 1 amide bonds. The topological polar surface area (TPSA) is 62.2 Å². The molecule has 2 aromatic heterocycles. The Bertz CT molecular complexity index is 1530. The zero-order valence-electron chi connectivity index (χ0n) is 23.2. The van der Waals surface area contributed by atoms with Gasteiger partial charge in [0.1, 0.15) is 5.82 Å². The summed E-state index contributed by atoms with van der Waals surface area (Å²) in [6, 6.07) is 20.0. The minimum absolute atomic E-state index is 0.157. The number of pyridine rings is 1. The zero-order valence-corrected chi connectivity index (χ0v) is 24.1. The van der Waals surface area contributed by atoms with Crippen LogP contribution < -0.4 is 10.6 Å². The van der Waals surface area contributed by atoms with E-state index in [2.05, 4.69) is 77.0 Å². The molecule has 0 radical (unpaired) electrons. The third kappa shape index (κ3) is 5.36. The molecule has 1 aliphatic heterocycles. The first kappa shape index (κ1) is 27.5. The summed E-state index contributed by atoms with van der Waals surface area (Å²) < 4.78 is 15.6. The summed E-state index contributed by atoms with van der Waals surface area (Å²) in [7, 11) is 0. The largest absolute Gasteiger partial charge is 0.352 e. The number of aromatic nitrogens is 2. The van der Waals surface area contributed by atoms with Gasteiger partial charge in [-0.1, -0.05) is 31.2 Å². The van der Waals surface area contributed by atoms with Crippen LogP contribution in [0.15, 0.2) is 72.9 Å². The van der Waals surface area contributed by atoms with E-state index in [-0.39, 0.29) is 30.2 Å². The number of rotatable bonds is 8. The van der Waals surface area contributed by atoms with Crippen LogP contribution in [0, 0.1) is 26.6 Å². The van der Waals surface area contributed by atoms with Crippen LogP contribution in [-0.2, 0) is 11.2 Å². The van der Waals surface area contributed by atoms with Gasteiger partial charge in [-0.15, -0.1) is 0 Å². The molecule has 0 saturated carbocycles. The summed E-state index contributed by atoms with van der Waals surface area (Å²) in [4.78, 5) is 19.6. The van der Waals surface area contributed by atoms with Crippen molar-refractivity contribution in [2.24, 2.45) is 0 Å². The molecule has 0 spiro atoms. The molecule has 40 heavy (non-hydrogen) atoms. The molecule has 4 aromatic rings. The summed E-state index contributed by atoms with van der Waals surface area (Å²) in [5.74, 6) is -0.503. The highest BCUT2D eigenvalue weighted by Crippen LogP contribution is 2.42. The van der Waals surface area contributed by atoms with E-state index >= 15 is 0 Å². The number of aryl methyl sites for hydroxylation is 3. The molecule has 3 heterocycles. The van der Waals surface area contributed by atoms with Crippen molar-refractivity contribution in [3.05, 3.63) is 113 Å². The van der Waals surface area contributed by atoms with Gasteiger partial charge in [-0.2, -0.15) is 0 Å². The highest BCUT2D eigenvalue weighted by atomic mass is 32.1. The third-order valence-corrected chi connectivity index (χ3v) is 7.97. The second kappa shape index (κ2) is 11.6. The number of hydrogen-bond donors (Lipinski definition) is 2. The first-order valence-corrected chi connectivity index (χ1v) is 14.0. The van der Waals surface area contributed by atoms with Gasteiger partial charge >= 0.3 is 0 Å². The molecule has 8 heteroatoms. The first-order valence-electron chi connectivity index (χ1n) is 13.6. The SMILES string of the molecule is CCc1cccc(C)c1-n1c(C)cc([C@@H]2[C@H](c3ccccn3)NC(=S)N2CCC(=O)Nc2ccc(F)cc2)c1C. The number of benzene rings is 2. The highest BCUT2D eigenvalue weighted by Gasteiger charge is 2.41. The normalized spacial score (nSPS) is 16.7. The van der Waals surface area contributed by atoms with E-state index < -0.39 is 0 Å². The molecule has 1 saturated heterocycles. The fraction of sp³-hybridized carbons (Fsp3) is 0.281. The van der Waals surface area contributed by atoms with Crippen molar-refractivity contribution in [1.82, 2.24) is 19.8 Å². The molecular weight excluding hydrogens is 521 g/mol. The number of halogens is 1. The van der Waals surface area contributed by atoms with Crippen molar-refractivity contribution in [1.29, 1.82) is 0 Å². The summed E-state index contributed by atoms with van der Waals surface area (Å²) >= 11 is 5.83. The average Bonchev–Trinajstić information content (AvgIpc) is 3.43. The standard InChI is InChI=1S/C32H34FN5OS/c1-5-23-10-8-9-20(2)30(23)38-21(3)19-26(22(38)4)31-29(27-11-6-7-17-34-27)36-32(40)37(31)18-16-28(39)35-25-14-12-24(33)13-15-25/h6-15,17,19,29,31H,5,16,18H2,1-4H3,(H,35,39)(H,36,40)/t29-,31+/m0/s1. The van der Waals surface area contributed by atoms with Crippen LogP contribution in [0.2, 0.25) is 0 Å². The van der Waals surface area contributed by atoms with E-state index in [1.807, 2.05) is 18.2 Å². The Morgan fingerprint density at radius 3 is 2.55 bits per heavy atom. The smallest absolute Gasteiger partial charge is 0.226 e. The number of hydrogen-bond acceptors (Lipinski definition) is 3. The van der Waals surface area contributed by atoms with Gasteiger partial charge in [-0.05, 0) is 98.6 Å². The van der Waals surface area contributed by atoms with Gasteiger partial charge in [-0.25, -0.2) is 4.39 Å². The molecule has 2 atom stereocenters. The maximum Gasteiger partial charge on any atom is 0.226 e. The van der Waals surface area contributed by atoms with Crippen LogP contribution in [-0.4, -0.2) is 32.0 Å². The second-order valence-electron chi connectivity index (χ2n) is 10.2. The number of para-hydroxylation sites is 1. The summed E-state index contributed by atoms with van der Waals surface area (Å²) in [6.07, 6.45) is 2.95. The van der Waals surface area contributed by atoms with E-state index in [1.165, 1.54) is 28.9 Å². The fourth-order valence-electron chi connectivity index (χ4n) is 5.72. The lowest BCUT2D eigenvalue weighted by Crippen LogP contribution is -2.32. The number of anilines is 1. The van der Waals surface area contributed by atoms with E-state index in [0.717, 1.165) is 29.1 Å². The van der Waals surface area contributed by atoms with Crippen LogP contribution in [0.5, 0.6) is 0 Å². The van der Waals surface area contributed by atoms with Gasteiger partial charge in [0.15, 0.2) is 5.11 Å². The van der Waals surface area contributed by atoms with Gasteiger partial charge in [0.2, 0.25) is 5.91 Å². The quantitative estimate of drug-likeness (QED) is 0.243.